The quantitative estimate of drug-likeness (QED) is 0.722. The zero-order chi connectivity index (χ0) is 20.8. The zero-order valence-electron chi connectivity index (χ0n) is 16.5. The van der Waals surface area contributed by atoms with Crippen LogP contribution in [0.15, 0.2) is 48.5 Å². The van der Waals surface area contributed by atoms with Crippen molar-refractivity contribution in [2.24, 2.45) is 0 Å². The van der Waals surface area contributed by atoms with Gasteiger partial charge in [0.1, 0.15) is 11.9 Å². The molecule has 1 aliphatic carbocycles. The standard InChI is InChI=1S/C23H26ClFN2O2/c1-16(23(29)26-19-10-4-5-11-19)27(15-18-9-3-7-13-21(18)25)22(28)14-17-8-2-6-12-20(17)24/h2-3,6-9,12-13,16,19H,4-5,10-11,14-15H2,1H3,(H,26,29)/t16-/m1/s1. The second kappa shape index (κ2) is 9.88. The summed E-state index contributed by atoms with van der Waals surface area (Å²) >= 11 is 6.20. The number of nitrogens with zero attached hydrogens (tertiary/aromatic N) is 1. The first-order valence-electron chi connectivity index (χ1n) is 10.0. The van der Waals surface area contributed by atoms with E-state index in [-0.39, 0.29) is 30.8 Å². The van der Waals surface area contributed by atoms with Crippen LogP contribution in [0, 0.1) is 5.82 Å². The van der Waals surface area contributed by atoms with E-state index in [1.807, 2.05) is 6.07 Å². The molecule has 2 aromatic carbocycles. The molecular formula is C23H26ClFN2O2. The smallest absolute Gasteiger partial charge is 0.242 e. The van der Waals surface area contributed by atoms with E-state index >= 15 is 0 Å². The summed E-state index contributed by atoms with van der Waals surface area (Å²) in [4.78, 5) is 27.4. The molecule has 29 heavy (non-hydrogen) atoms. The number of nitrogens with one attached hydrogen (secondary N) is 1. The Morgan fingerprint density at radius 3 is 2.38 bits per heavy atom. The normalized spacial score (nSPS) is 15.1. The first-order valence-corrected chi connectivity index (χ1v) is 10.4. The molecule has 6 heteroatoms. The number of hydrogen-bond donors (Lipinski definition) is 1. The van der Waals surface area contributed by atoms with Crippen LogP contribution < -0.4 is 5.32 Å². The summed E-state index contributed by atoms with van der Waals surface area (Å²) < 4.78 is 14.2. The Hall–Kier alpha value is -2.40. The highest BCUT2D eigenvalue weighted by atomic mass is 35.5. The topological polar surface area (TPSA) is 49.4 Å². The van der Waals surface area contributed by atoms with Gasteiger partial charge in [0.15, 0.2) is 0 Å². The van der Waals surface area contributed by atoms with Crippen LogP contribution in [0.5, 0.6) is 0 Å². The van der Waals surface area contributed by atoms with Gasteiger partial charge in [0, 0.05) is 23.2 Å². The van der Waals surface area contributed by atoms with Crippen LogP contribution in [0.4, 0.5) is 4.39 Å². The van der Waals surface area contributed by atoms with Gasteiger partial charge in [-0.3, -0.25) is 9.59 Å². The number of halogens is 2. The molecule has 0 heterocycles. The molecular weight excluding hydrogens is 391 g/mol. The van der Waals surface area contributed by atoms with E-state index in [1.165, 1.54) is 11.0 Å². The maximum atomic E-state index is 14.2. The second-order valence-corrected chi connectivity index (χ2v) is 7.95. The zero-order valence-corrected chi connectivity index (χ0v) is 17.3. The van der Waals surface area contributed by atoms with Gasteiger partial charge in [0.25, 0.3) is 0 Å². The number of carbonyl (C=O) groups excluding carboxylic acids is 2. The van der Waals surface area contributed by atoms with Crippen LogP contribution >= 0.6 is 11.6 Å². The SMILES string of the molecule is C[C@H](C(=O)NC1CCCC1)N(Cc1ccccc1F)C(=O)Cc1ccccc1Cl. The minimum absolute atomic E-state index is 0.0230. The maximum absolute atomic E-state index is 14.2. The molecule has 1 N–H and O–H groups in total. The Kier molecular flexibility index (Phi) is 7.26. The Balaban J connectivity index is 1.80. The van der Waals surface area contributed by atoms with Crippen LogP contribution in [-0.4, -0.2) is 28.8 Å². The molecule has 0 bridgehead atoms. The predicted molar refractivity (Wildman–Crippen MR) is 112 cm³/mol. The molecule has 1 aliphatic rings. The molecule has 3 rings (SSSR count). The lowest BCUT2D eigenvalue weighted by Gasteiger charge is -2.30. The highest BCUT2D eigenvalue weighted by Gasteiger charge is 2.29. The van der Waals surface area contributed by atoms with E-state index in [1.54, 1.807) is 43.3 Å². The fraction of sp³-hybridized carbons (Fsp3) is 0.391. The van der Waals surface area contributed by atoms with Gasteiger partial charge in [-0.1, -0.05) is 60.8 Å². The van der Waals surface area contributed by atoms with E-state index < -0.39 is 11.9 Å². The highest BCUT2D eigenvalue weighted by Crippen LogP contribution is 2.21. The third kappa shape index (κ3) is 5.57. The minimum atomic E-state index is -0.717. The molecule has 0 unspecified atom stereocenters. The summed E-state index contributed by atoms with van der Waals surface area (Å²) in [5, 5.41) is 3.53. The van der Waals surface area contributed by atoms with Crippen molar-refractivity contribution in [1.82, 2.24) is 10.2 Å². The average Bonchev–Trinajstić information content (AvgIpc) is 3.21. The molecule has 154 valence electrons. The van der Waals surface area contributed by atoms with Gasteiger partial charge in [-0.05, 0) is 37.5 Å². The van der Waals surface area contributed by atoms with Crippen molar-refractivity contribution >= 4 is 23.4 Å². The van der Waals surface area contributed by atoms with Crippen LogP contribution in [0.1, 0.15) is 43.7 Å². The first-order chi connectivity index (χ1) is 14.0. The van der Waals surface area contributed by atoms with Crippen LogP contribution in [0.2, 0.25) is 5.02 Å². The van der Waals surface area contributed by atoms with Crippen LogP contribution in [0.25, 0.3) is 0 Å². The predicted octanol–water partition coefficient (Wildman–Crippen LogP) is 4.50. The summed E-state index contributed by atoms with van der Waals surface area (Å²) in [5.74, 6) is -0.873. The Morgan fingerprint density at radius 1 is 1.10 bits per heavy atom. The van der Waals surface area contributed by atoms with Gasteiger partial charge < -0.3 is 10.2 Å². The third-order valence-corrected chi connectivity index (χ3v) is 5.84. The fourth-order valence-corrected chi connectivity index (χ4v) is 3.89. The summed E-state index contributed by atoms with van der Waals surface area (Å²) in [6.07, 6.45) is 4.17. The van der Waals surface area contributed by atoms with E-state index in [2.05, 4.69) is 5.32 Å². The molecule has 0 spiro atoms. The van der Waals surface area contributed by atoms with E-state index in [4.69, 9.17) is 11.6 Å². The van der Waals surface area contributed by atoms with Crippen molar-refractivity contribution < 1.29 is 14.0 Å². The molecule has 1 fully saturated rings. The van der Waals surface area contributed by atoms with Crippen molar-refractivity contribution in [3.05, 3.63) is 70.5 Å². The number of benzene rings is 2. The highest BCUT2D eigenvalue weighted by molar-refractivity contribution is 6.31. The van der Waals surface area contributed by atoms with E-state index in [9.17, 15) is 14.0 Å². The summed E-state index contributed by atoms with van der Waals surface area (Å²) in [7, 11) is 0. The van der Waals surface area contributed by atoms with Gasteiger partial charge in [0.05, 0.1) is 6.42 Å². The number of amides is 2. The summed E-state index contributed by atoms with van der Waals surface area (Å²) in [6, 6.07) is 12.9. The van der Waals surface area contributed by atoms with Gasteiger partial charge in [-0.2, -0.15) is 0 Å². The van der Waals surface area contributed by atoms with Crippen LogP contribution in [0.3, 0.4) is 0 Å². The van der Waals surface area contributed by atoms with Gasteiger partial charge >= 0.3 is 0 Å². The Labute approximate surface area is 176 Å². The van der Waals surface area contributed by atoms with Crippen molar-refractivity contribution in [1.29, 1.82) is 0 Å². The maximum Gasteiger partial charge on any atom is 0.242 e. The number of rotatable bonds is 7. The lowest BCUT2D eigenvalue weighted by molar-refractivity contribution is -0.140. The van der Waals surface area contributed by atoms with Gasteiger partial charge in [-0.25, -0.2) is 4.39 Å². The van der Waals surface area contributed by atoms with Gasteiger partial charge in [0.2, 0.25) is 11.8 Å². The first kappa shape index (κ1) is 21.3. The largest absolute Gasteiger partial charge is 0.352 e. The minimum Gasteiger partial charge on any atom is -0.352 e. The molecule has 1 atom stereocenters. The van der Waals surface area contributed by atoms with Crippen molar-refractivity contribution in [3.63, 3.8) is 0 Å². The van der Waals surface area contributed by atoms with Crippen LogP contribution in [-0.2, 0) is 22.6 Å². The van der Waals surface area contributed by atoms with E-state index in [0.29, 0.717) is 16.1 Å². The molecule has 2 aromatic rings. The molecule has 1 saturated carbocycles. The summed E-state index contributed by atoms with van der Waals surface area (Å²) in [6.45, 7) is 1.71. The number of carbonyl (C=O) groups is 2. The van der Waals surface area contributed by atoms with Crippen molar-refractivity contribution in [3.8, 4) is 0 Å². The Bertz CT molecular complexity index is 867. The molecule has 0 aromatic heterocycles. The monoisotopic (exact) mass is 416 g/mol. The molecule has 2 amide bonds. The van der Waals surface area contributed by atoms with Gasteiger partial charge in [-0.15, -0.1) is 0 Å². The molecule has 0 saturated heterocycles. The molecule has 4 nitrogen and oxygen atoms in total. The molecule has 0 aliphatic heterocycles. The Morgan fingerprint density at radius 2 is 1.72 bits per heavy atom. The summed E-state index contributed by atoms with van der Waals surface area (Å²) in [5.41, 5.74) is 1.06. The second-order valence-electron chi connectivity index (χ2n) is 7.55. The van der Waals surface area contributed by atoms with Crippen molar-refractivity contribution in [2.75, 3.05) is 0 Å². The molecule has 0 radical (unpaired) electrons. The average molecular weight is 417 g/mol. The van der Waals surface area contributed by atoms with E-state index in [0.717, 1.165) is 25.7 Å². The van der Waals surface area contributed by atoms with Crippen molar-refractivity contribution in [2.45, 2.75) is 57.7 Å². The third-order valence-electron chi connectivity index (χ3n) is 5.47. The fourth-order valence-electron chi connectivity index (χ4n) is 3.69. The number of hydrogen-bond acceptors (Lipinski definition) is 2. The lowest BCUT2D eigenvalue weighted by Crippen LogP contribution is -2.50. The lowest BCUT2D eigenvalue weighted by atomic mass is 10.1.